The van der Waals surface area contributed by atoms with Crippen molar-refractivity contribution in [2.24, 2.45) is 5.92 Å². The number of ether oxygens (including phenoxy) is 1. The number of hydrogen-bond acceptors (Lipinski definition) is 3. The lowest BCUT2D eigenvalue weighted by Crippen LogP contribution is -2.49. The maximum atomic E-state index is 12.3. The van der Waals surface area contributed by atoms with Gasteiger partial charge in [0.2, 0.25) is 5.91 Å². The molecule has 2 aliphatic rings. The summed E-state index contributed by atoms with van der Waals surface area (Å²) in [5, 5.41) is 0. The highest BCUT2D eigenvalue weighted by Crippen LogP contribution is 2.29. The molecule has 0 aromatic heterocycles. The Morgan fingerprint density at radius 3 is 2.67 bits per heavy atom. The Kier molecular flexibility index (Phi) is 5.90. The normalized spacial score (nSPS) is 24.8. The van der Waals surface area contributed by atoms with E-state index >= 15 is 0 Å². The van der Waals surface area contributed by atoms with Crippen molar-refractivity contribution in [2.45, 2.75) is 51.2 Å². The van der Waals surface area contributed by atoms with E-state index in [1.165, 1.54) is 18.4 Å². The lowest BCUT2D eigenvalue weighted by molar-refractivity contribution is -0.138. The van der Waals surface area contributed by atoms with E-state index in [9.17, 15) is 4.79 Å². The number of benzene rings is 1. The van der Waals surface area contributed by atoms with E-state index in [0.29, 0.717) is 18.0 Å². The standard InChI is InChI=1S/C20H30N2O2/c1-16-12-19(21(2)20(23)15-24-14-18-8-9-18)10-11-22(16)13-17-6-4-3-5-7-17/h3-7,16,18-19H,8-15H2,1-2H3/t16-,19+/m0/s1. The van der Waals surface area contributed by atoms with Gasteiger partial charge in [-0.3, -0.25) is 9.69 Å². The van der Waals surface area contributed by atoms with Crippen LogP contribution in [-0.2, 0) is 16.1 Å². The van der Waals surface area contributed by atoms with Crippen molar-refractivity contribution < 1.29 is 9.53 Å². The molecule has 1 amide bonds. The quantitative estimate of drug-likeness (QED) is 0.771. The first-order chi connectivity index (χ1) is 11.6. The van der Waals surface area contributed by atoms with Crippen LogP contribution in [0.4, 0.5) is 0 Å². The molecule has 24 heavy (non-hydrogen) atoms. The van der Waals surface area contributed by atoms with Crippen molar-refractivity contribution in [3.8, 4) is 0 Å². The fourth-order valence-corrected chi connectivity index (χ4v) is 3.50. The third-order valence-electron chi connectivity index (χ3n) is 5.43. The second-order valence-corrected chi connectivity index (χ2v) is 7.45. The van der Waals surface area contributed by atoms with Crippen molar-refractivity contribution in [3.05, 3.63) is 35.9 Å². The number of amides is 1. The third kappa shape index (κ3) is 4.81. The summed E-state index contributed by atoms with van der Waals surface area (Å²) in [4.78, 5) is 16.8. The highest BCUT2D eigenvalue weighted by molar-refractivity contribution is 5.77. The number of nitrogens with zero attached hydrogens (tertiary/aromatic N) is 2. The number of piperidine rings is 1. The molecule has 1 heterocycles. The van der Waals surface area contributed by atoms with E-state index in [1.807, 2.05) is 11.9 Å². The van der Waals surface area contributed by atoms with Gasteiger partial charge in [-0.15, -0.1) is 0 Å². The monoisotopic (exact) mass is 330 g/mol. The summed E-state index contributed by atoms with van der Waals surface area (Å²) >= 11 is 0. The molecule has 3 rings (SSSR count). The second kappa shape index (κ2) is 8.13. The molecule has 2 atom stereocenters. The van der Waals surface area contributed by atoms with Crippen molar-refractivity contribution in [3.63, 3.8) is 0 Å². The van der Waals surface area contributed by atoms with Gasteiger partial charge < -0.3 is 9.64 Å². The SMILES string of the molecule is C[C@H]1C[C@H](N(C)C(=O)COCC2CC2)CCN1Cc1ccccc1. The van der Waals surface area contributed by atoms with Gasteiger partial charge in [0.15, 0.2) is 0 Å². The zero-order valence-electron chi connectivity index (χ0n) is 15.0. The summed E-state index contributed by atoms with van der Waals surface area (Å²) in [6.07, 6.45) is 4.61. The molecule has 1 aromatic rings. The molecule has 0 N–H and O–H groups in total. The van der Waals surface area contributed by atoms with Crippen molar-refractivity contribution in [2.75, 3.05) is 26.8 Å². The second-order valence-electron chi connectivity index (χ2n) is 7.45. The summed E-state index contributed by atoms with van der Waals surface area (Å²) in [6.45, 7) is 5.31. The predicted octanol–water partition coefficient (Wildman–Crippen LogP) is 2.92. The molecule has 2 fully saturated rings. The molecular weight excluding hydrogens is 300 g/mol. The van der Waals surface area contributed by atoms with Gasteiger partial charge in [-0.05, 0) is 44.1 Å². The number of carbonyl (C=O) groups excluding carboxylic acids is 1. The number of hydrogen-bond donors (Lipinski definition) is 0. The number of likely N-dealkylation sites (tertiary alicyclic amines) is 1. The smallest absolute Gasteiger partial charge is 0.248 e. The van der Waals surface area contributed by atoms with E-state index in [4.69, 9.17) is 4.74 Å². The van der Waals surface area contributed by atoms with Crippen LogP contribution in [0.25, 0.3) is 0 Å². The molecule has 4 nitrogen and oxygen atoms in total. The average molecular weight is 330 g/mol. The maximum absolute atomic E-state index is 12.3. The summed E-state index contributed by atoms with van der Waals surface area (Å²) < 4.78 is 5.56. The molecule has 1 saturated heterocycles. The van der Waals surface area contributed by atoms with Crippen LogP contribution in [0.15, 0.2) is 30.3 Å². The molecule has 0 bridgehead atoms. The first-order valence-electron chi connectivity index (χ1n) is 9.25. The Morgan fingerprint density at radius 1 is 1.25 bits per heavy atom. The van der Waals surface area contributed by atoms with Gasteiger partial charge in [-0.25, -0.2) is 0 Å². The first-order valence-corrected chi connectivity index (χ1v) is 9.25. The van der Waals surface area contributed by atoms with Crippen LogP contribution in [0.1, 0.15) is 38.2 Å². The van der Waals surface area contributed by atoms with Gasteiger partial charge in [0.25, 0.3) is 0 Å². The number of likely N-dealkylation sites (N-methyl/N-ethyl adjacent to an activating group) is 1. The Labute approximate surface area is 145 Å². The van der Waals surface area contributed by atoms with E-state index in [0.717, 1.165) is 32.5 Å². The van der Waals surface area contributed by atoms with Crippen molar-refractivity contribution in [1.82, 2.24) is 9.80 Å². The highest BCUT2D eigenvalue weighted by Gasteiger charge is 2.30. The molecular formula is C20H30N2O2. The lowest BCUT2D eigenvalue weighted by atomic mass is 9.96. The fourth-order valence-electron chi connectivity index (χ4n) is 3.50. The minimum atomic E-state index is 0.129. The molecule has 0 unspecified atom stereocenters. The molecule has 4 heteroatoms. The summed E-state index contributed by atoms with van der Waals surface area (Å²) in [5.41, 5.74) is 1.36. The van der Waals surface area contributed by atoms with Crippen molar-refractivity contribution >= 4 is 5.91 Å². The van der Waals surface area contributed by atoms with Crippen molar-refractivity contribution in [1.29, 1.82) is 0 Å². The summed E-state index contributed by atoms with van der Waals surface area (Å²) in [5.74, 6) is 0.841. The van der Waals surface area contributed by atoms with Gasteiger partial charge in [0.1, 0.15) is 6.61 Å². The maximum Gasteiger partial charge on any atom is 0.248 e. The molecule has 1 aromatic carbocycles. The minimum absolute atomic E-state index is 0.129. The zero-order valence-corrected chi connectivity index (χ0v) is 15.0. The van der Waals surface area contributed by atoms with Gasteiger partial charge in [-0.1, -0.05) is 30.3 Å². The van der Waals surface area contributed by atoms with Crippen LogP contribution in [0, 0.1) is 5.92 Å². The topological polar surface area (TPSA) is 32.8 Å². The molecule has 1 aliphatic carbocycles. The Hall–Kier alpha value is -1.39. The van der Waals surface area contributed by atoms with Crippen LogP contribution in [0.3, 0.4) is 0 Å². The van der Waals surface area contributed by atoms with Gasteiger partial charge >= 0.3 is 0 Å². The average Bonchev–Trinajstić information content (AvgIpc) is 3.41. The molecule has 0 radical (unpaired) electrons. The van der Waals surface area contributed by atoms with Crippen LogP contribution >= 0.6 is 0 Å². The van der Waals surface area contributed by atoms with Crippen LogP contribution in [0.2, 0.25) is 0 Å². The van der Waals surface area contributed by atoms with Crippen LogP contribution in [0.5, 0.6) is 0 Å². The minimum Gasteiger partial charge on any atom is -0.371 e. The lowest BCUT2D eigenvalue weighted by Gasteiger charge is -2.41. The van der Waals surface area contributed by atoms with Gasteiger partial charge in [0.05, 0.1) is 6.61 Å². The largest absolute Gasteiger partial charge is 0.371 e. The van der Waals surface area contributed by atoms with Crippen LogP contribution < -0.4 is 0 Å². The van der Waals surface area contributed by atoms with E-state index in [-0.39, 0.29) is 12.5 Å². The molecule has 0 spiro atoms. The first kappa shape index (κ1) is 17.4. The summed E-state index contributed by atoms with van der Waals surface area (Å²) in [7, 11) is 1.94. The molecule has 1 aliphatic heterocycles. The van der Waals surface area contributed by atoms with Gasteiger partial charge in [0, 0.05) is 32.2 Å². The zero-order chi connectivity index (χ0) is 16.9. The fraction of sp³-hybridized carbons (Fsp3) is 0.650. The Morgan fingerprint density at radius 2 is 2.00 bits per heavy atom. The molecule has 132 valence electrons. The van der Waals surface area contributed by atoms with E-state index < -0.39 is 0 Å². The van der Waals surface area contributed by atoms with Crippen LogP contribution in [-0.4, -0.2) is 54.6 Å². The van der Waals surface area contributed by atoms with E-state index in [2.05, 4.69) is 42.2 Å². The third-order valence-corrected chi connectivity index (χ3v) is 5.43. The highest BCUT2D eigenvalue weighted by atomic mass is 16.5. The Bertz CT molecular complexity index is 530. The van der Waals surface area contributed by atoms with Gasteiger partial charge in [-0.2, -0.15) is 0 Å². The molecule has 1 saturated carbocycles. The predicted molar refractivity (Wildman–Crippen MR) is 95.6 cm³/mol. The summed E-state index contributed by atoms with van der Waals surface area (Å²) in [6, 6.07) is 11.5. The Balaban J connectivity index is 1.44. The number of rotatable bonds is 7. The van der Waals surface area contributed by atoms with E-state index in [1.54, 1.807) is 0 Å². The number of carbonyl (C=O) groups is 1.